The van der Waals surface area contributed by atoms with Gasteiger partial charge in [-0.3, -0.25) is 0 Å². The minimum absolute atomic E-state index is 0.0860. The van der Waals surface area contributed by atoms with Crippen LogP contribution in [0.2, 0.25) is 0 Å². The number of anilines is 1. The number of alkyl halides is 3. The summed E-state index contributed by atoms with van der Waals surface area (Å²) in [6, 6.07) is 10.5. The second kappa shape index (κ2) is 6.43. The topological polar surface area (TPSA) is 47.0 Å². The Kier molecular flexibility index (Phi) is 4.62. The highest BCUT2D eigenvalue weighted by atomic mass is 19.4. The molecule has 4 nitrogen and oxygen atoms in total. The van der Waals surface area contributed by atoms with E-state index in [-0.39, 0.29) is 18.3 Å². The number of benzene rings is 1. The number of hydrogen-bond acceptors (Lipinski definition) is 4. The van der Waals surface area contributed by atoms with E-state index in [0.29, 0.717) is 6.54 Å². The molecule has 0 bridgehead atoms. The standard InChI is InChI=1S/C14H14F3N3O/c1-2-18-11-8-12(20-13(19-11)14(15,16)17)21-9-10-6-4-3-5-7-10/h3-8H,2,9H2,1H3,(H,18,19,20). The van der Waals surface area contributed by atoms with Crippen LogP contribution in [-0.4, -0.2) is 16.5 Å². The first-order valence-electron chi connectivity index (χ1n) is 6.36. The van der Waals surface area contributed by atoms with Gasteiger partial charge >= 0.3 is 6.18 Å². The van der Waals surface area contributed by atoms with Crippen LogP contribution in [-0.2, 0) is 12.8 Å². The highest BCUT2D eigenvalue weighted by Gasteiger charge is 2.35. The van der Waals surface area contributed by atoms with Crippen LogP contribution < -0.4 is 10.1 Å². The monoisotopic (exact) mass is 297 g/mol. The highest BCUT2D eigenvalue weighted by molar-refractivity contribution is 5.38. The summed E-state index contributed by atoms with van der Waals surface area (Å²) in [6.45, 7) is 2.35. The summed E-state index contributed by atoms with van der Waals surface area (Å²) in [7, 11) is 0. The van der Waals surface area contributed by atoms with Gasteiger partial charge in [0.2, 0.25) is 11.7 Å². The van der Waals surface area contributed by atoms with Crippen molar-refractivity contribution in [3.8, 4) is 5.88 Å². The van der Waals surface area contributed by atoms with Gasteiger partial charge in [0.15, 0.2) is 0 Å². The Morgan fingerprint density at radius 1 is 1.14 bits per heavy atom. The average molecular weight is 297 g/mol. The maximum atomic E-state index is 12.7. The molecule has 0 aliphatic heterocycles. The highest BCUT2D eigenvalue weighted by Crippen LogP contribution is 2.29. The van der Waals surface area contributed by atoms with Crippen LogP contribution in [0.1, 0.15) is 18.3 Å². The summed E-state index contributed by atoms with van der Waals surface area (Å²) < 4.78 is 43.6. The van der Waals surface area contributed by atoms with E-state index < -0.39 is 12.0 Å². The molecule has 0 spiro atoms. The number of halogens is 3. The lowest BCUT2D eigenvalue weighted by atomic mass is 10.2. The zero-order valence-corrected chi connectivity index (χ0v) is 11.3. The van der Waals surface area contributed by atoms with Gasteiger partial charge in [-0.1, -0.05) is 30.3 Å². The molecule has 21 heavy (non-hydrogen) atoms. The van der Waals surface area contributed by atoms with Gasteiger partial charge < -0.3 is 10.1 Å². The number of nitrogens with one attached hydrogen (secondary N) is 1. The Morgan fingerprint density at radius 2 is 1.86 bits per heavy atom. The van der Waals surface area contributed by atoms with Gasteiger partial charge in [0, 0.05) is 12.6 Å². The van der Waals surface area contributed by atoms with E-state index in [2.05, 4.69) is 15.3 Å². The largest absolute Gasteiger partial charge is 0.473 e. The van der Waals surface area contributed by atoms with Crippen molar-refractivity contribution in [2.24, 2.45) is 0 Å². The van der Waals surface area contributed by atoms with Gasteiger partial charge in [0.05, 0.1) is 0 Å². The molecule has 112 valence electrons. The second-order valence-electron chi connectivity index (χ2n) is 4.22. The predicted octanol–water partition coefficient (Wildman–Crippen LogP) is 3.51. The SMILES string of the molecule is CCNc1cc(OCc2ccccc2)nc(C(F)(F)F)n1. The molecule has 0 unspecified atom stereocenters. The second-order valence-corrected chi connectivity index (χ2v) is 4.22. The van der Waals surface area contributed by atoms with E-state index in [0.717, 1.165) is 5.56 Å². The van der Waals surface area contributed by atoms with Crippen LogP contribution in [0.4, 0.5) is 19.0 Å². The van der Waals surface area contributed by atoms with Gasteiger partial charge in [0.1, 0.15) is 12.4 Å². The van der Waals surface area contributed by atoms with Gasteiger partial charge in [-0.15, -0.1) is 0 Å². The van der Waals surface area contributed by atoms with Gasteiger partial charge in [0.25, 0.3) is 0 Å². The zero-order valence-electron chi connectivity index (χ0n) is 11.3. The molecular weight excluding hydrogens is 283 g/mol. The summed E-state index contributed by atoms with van der Waals surface area (Å²) in [4.78, 5) is 6.83. The Hall–Kier alpha value is -2.31. The van der Waals surface area contributed by atoms with E-state index in [9.17, 15) is 13.2 Å². The maximum Gasteiger partial charge on any atom is 0.451 e. The summed E-state index contributed by atoms with van der Waals surface area (Å²) in [6.07, 6.45) is -4.61. The molecule has 0 fully saturated rings. The summed E-state index contributed by atoms with van der Waals surface area (Å²) in [5, 5.41) is 2.73. The summed E-state index contributed by atoms with van der Waals surface area (Å²) in [5.74, 6) is -1.25. The molecule has 0 aliphatic rings. The maximum absolute atomic E-state index is 12.7. The molecule has 1 N–H and O–H groups in total. The molecule has 0 radical (unpaired) electrons. The number of rotatable bonds is 5. The smallest absolute Gasteiger partial charge is 0.451 e. The van der Waals surface area contributed by atoms with E-state index in [1.165, 1.54) is 6.07 Å². The van der Waals surface area contributed by atoms with E-state index in [1.54, 1.807) is 6.92 Å². The third-order valence-corrected chi connectivity index (χ3v) is 2.54. The van der Waals surface area contributed by atoms with Crippen molar-refractivity contribution in [1.82, 2.24) is 9.97 Å². The Morgan fingerprint density at radius 3 is 2.48 bits per heavy atom. The first-order chi connectivity index (χ1) is 9.99. The van der Waals surface area contributed by atoms with Gasteiger partial charge in [-0.05, 0) is 12.5 Å². The Labute approximate surface area is 120 Å². The molecule has 1 heterocycles. The zero-order chi connectivity index (χ0) is 15.3. The lowest BCUT2D eigenvalue weighted by Gasteiger charge is -2.11. The first kappa shape index (κ1) is 15.1. The molecule has 0 aliphatic carbocycles. The lowest BCUT2D eigenvalue weighted by Crippen LogP contribution is -2.14. The molecule has 0 atom stereocenters. The summed E-state index contributed by atoms with van der Waals surface area (Å²) in [5.41, 5.74) is 0.842. The van der Waals surface area contributed by atoms with E-state index in [1.807, 2.05) is 30.3 Å². The quantitative estimate of drug-likeness (QED) is 0.917. The van der Waals surface area contributed by atoms with E-state index >= 15 is 0 Å². The fraction of sp³-hybridized carbons (Fsp3) is 0.286. The summed E-state index contributed by atoms with van der Waals surface area (Å²) >= 11 is 0. The van der Waals surface area contributed by atoms with Gasteiger partial charge in [-0.2, -0.15) is 18.2 Å². The van der Waals surface area contributed by atoms with Crippen molar-refractivity contribution < 1.29 is 17.9 Å². The normalized spacial score (nSPS) is 11.2. The first-order valence-corrected chi connectivity index (χ1v) is 6.36. The molecule has 0 saturated carbocycles. The molecular formula is C14H14F3N3O. The molecule has 7 heteroatoms. The van der Waals surface area contributed by atoms with Crippen molar-refractivity contribution in [2.75, 3.05) is 11.9 Å². The predicted molar refractivity (Wildman–Crippen MR) is 72.0 cm³/mol. The van der Waals surface area contributed by atoms with Crippen molar-refractivity contribution in [3.05, 3.63) is 47.8 Å². The third kappa shape index (κ3) is 4.34. The fourth-order valence-electron chi connectivity index (χ4n) is 1.63. The van der Waals surface area contributed by atoms with Crippen molar-refractivity contribution >= 4 is 5.82 Å². The van der Waals surface area contributed by atoms with Crippen molar-refractivity contribution in [2.45, 2.75) is 19.7 Å². The van der Waals surface area contributed by atoms with Crippen LogP contribution in [0.25, 0.3) is 0 Å². The lowest BCUT2D eigenvalue weighted by molar-refractivity contribution is -0.145. The molecule has 0 amide bonds. The fourth-order valence-corrected chi connectivity index (χ4v) is 1.63. The number of hydrogen-bond donors (Lipinski definition) is 1. The molecule has 1 aromatic carbocycles. The molecule has 2 aromatic rings. The molecule has 0 saturated heterocycles. The minimum atomic E-state index is -4.61. The Bertz CT molecular complexity index is 588. The van der Waals surface area contributed by atoms with Crippen molar-refractivity contribution in [3.63, 3.8) is 0 Å². The van der Waals surface area contributed by atoms with Gasteiger partial charge in [-0.25, -0.2) is 4.98 Å². The van der Waals surface area contributed by atoms with Crippen LogP contribution in [0.15, 0.2) is 36.4 Å². The average Bonchev–Trinajstić information content (AvgIpc) is 2.45. The van der Waals surface area contributed by atoms with E-state index in [4.69, 9.17) is 4.74 Å². The van der Waals surface area contributed by atoms with Crippen LogP contribution in [0, 0.1) is 0 Å². The minimum Gasteiger partial charge on any atom is -0.473 e. The number of aromatic nitrogens is 2. The Balaban J connectivity index is 2.19. The van der Waals surface area contributed by atoms with Crippen LogP contribution in [0.5, 0.6) is 5.88 Å². The van der Waals surface area contributed by atoms with Crippen LogP contribution >= 0.6 is 0 Å². The number of nitrogens with zero attached hydrogens (tertiary/aromatic N) is 2. The molecule has 2 rings (SSSR count). The van der Waals surface area contributed by atoms with Crippen molar-refractivity contribution in [1.29, 1.82) is 0 Å². The molecule has 1 aromatic heterocycles. The van der Waals surface area contributed by atoms with Crippen LogP contribution in [0.3, 0.4) is 0 Å². The third-order valence-electron chi connectivity index (χ3n) is 2.54. The number of ether oxygens (including phenoxy) is 1.